The summed E-state index contributed by atoms with van der Waals surface area (Å²) in [5.41, 5.74) is 2.05. The van der Waals surface area contributed by atoms with E-state index in [0.29, 0.717) is 29.9 Å². The highest BCUT2D eigenvalue weighted by Crippen LogP contribution is 2.26. The van der Waals surface area contributed by atoms with E-state index in [9.17, 15) is 18.0 Å². The number of nitrogens with zero attached hydrogens (tertiary/aromatic N) is 2. The lowest BCUT2D eigenvalue weighted by molar-refractivity contribution is 0.0946. The lowest BCUT2D eigenvalue weighted by Crippen LogP contribution is -2.31. The number of aromatic amines is 1. The third-order valence-electron chi connectivity index (χ3n) is 4.01. The fourth-order valence-corrected chi connectivity index (χ4v) is 2.77. The van der Waals surface area contributed by atoms with Gasteiger partial charge in [0.1, 0.15) is 0 Å². The zero-order chi connectivity index (χ0) is 17.6. The molecule has 0 aliphatic carbocycles. The minimum absolute atomic E-state index is 0.0778. The second-order valence-corrected chi connectivity index (χ2v) is 5.57. The Bertz CT molecular complexity index is 1000. The largest absolute Gasteiger partial charge is 0.356 e. The van der Waals surface area contributed by atoms with E-state index in [0.717, 1.165) is 17.8 Å². The van der Waals surface area contributed by atoms with E-state index in [1.54, 1.807) is 12.1 Å². The van der Waals surface area contributed by atoms with Gasteiger partial charge in [-0.1, -0.05) is 0 Å². The normalized spacial score (nSPS) is 13.5. The average Bonchev–Trinajstić information content (AvgIpc) is 3.06. The van der Waals surface area contributed by atoms with Gasteiger partial charge in [0.05, 0.1) is 22.5 Å². The number of fused-ring (bicyclic) bond motifs is 1. The highest BCUT2D eigenvalue weighted by atomic mass is 19.2. The van der Waals surface area contributed by atoms with Crippen LogP contribution < -0.4 is 5.32 Å². The van der Waals surface area contributed by atoms with Gasteiger partial charge >= 0.3 is 0 Å². The van der Waals surface area contributed by atoms with Crippen molar-refractivity contribution in [2.75, 3.05) is 6.54 Å². The number of amides is 1. The van der Waals surface area contributed by atoms with Crippen LogP contribution >= 0.6 is 0 Å². The fraction of sp³-hybridized carbons (Fsp3) is 0.118. The van der Waals surface area contributed by atoms with Crippen molar-refractivity contribution in [1.82, 2.24) is 20.3 Å². The summed E-state index contributed by atoms with van der Waals surface area (Å²) >= 11 is 0. The Morgan fingerprint density at radius 1 is 1.04 bits per heavy atom. The molecule has 0 unspecified atom stereocenters. The van der Waals surface area contributed by atoms with Crippen LogP contribution in [0.3, 0.4) is 0 Å². The fourth-order valence-electron chi connectivity index (χ4n) is 2.77. The Kier molecular flexibility index (Phi) is 3.52. The first-order chi connectivity index (χ1) is 12.0. The van der Waals surface area contributed by atoms with Gasteiger partial charge in [0.2, 0.25) is 0 Å². The molecule has 0 fully saturated rings. The quantitative estimate of drug-likeness (QED) is 0.703. The Hall–Kier alpha value is -3.16. The molecular weight excluding hydrogens is 333 g/mol. The molecule has 0 saturated carbocycles. The molecule has 0 saturated heterocycles. The highest BCUT2D eigenvalue weighted by molar-refractivity contribution is 5.97. The van der Waals surface area contributed by atoms with Crippen molar-refractivity contribution in [2.24, 2.45) is 0 Å². The number of hydrogen-bond acceptors (Lipinski definition) is 3. The number of hydrogen-bond donors (Lipinski definition) is 2. The number of carbonyl (C=O) groups excluding carboxylic acids is 1. The summed E-state index contributed by atoms with van der Waals surface area (Å²) in [6.07, 6.45) is 2.05. The second-order valence-electron chi connectivity index (χ2n) is 5.57. The average molecular weight is 344 g/mol. The van der Waals surface area contributed by atoms with Gasteiger partial charge in [-0.2, -0.15) is 0 Å². The third kappa shape index (κ3) is 2.55. The van der Waals surface area contributed by atoms with E-state index in [-0.39, 0.29) is 17.3 Å². The summed E-state index contributed by atoms with van der Waals surface area (Å²) in [5, 5.41) is 2.74. The Morgan fingerprint density at radius 2 is 1.88 bits per heavy atom. The van der Waals surface area contributed by atoms with Crippen LogP contribution in [0, 0.1) is 17.5 Å². The van der Waals surface area contributed by atoms with Gasteiger partial charge in [0, 0.05) is 24.9 Å². The molecule has 2 aromatic heterocycles. The van der Waals surface area contributed by atoms with Crippen LogP contribution in [0.4, 0.5) is 13.2 Å². The number of aromatic nitrogens is 3. The molecule has 0 bridgehead atoms. The predicted octanol–water partition coefficient (Wildman–Crippen LogP) is 2.84. The van der Waals surface area contributed by atoms with Crippen LogP contribution in [0.25, 0.3) is 22.8 Å². The zero-order valence-electron chi connectivity index (χ0n) is 12.7. The lowest BCUT2D eigenvalue weighted by Gasteiger charge is -2.10. The SMILES string of the molecule is O=C1NCCc2[nH]c(-c3ccnc(-c4ccc(F)c(F)c4F)n3)cc21. The number of H-pyrrole nitrogens is 1. The van der Waals surface area contributed by atoms with Crippen LogP contribution in [0.5, 0.6) is 0 Å². The van der Waals surface area contributed by atoms with Gasteiger partial charge in [0.25, 0.3) is 5.91 Å². The first kappa shape index (κ1) is 15.4. The highest BCUT2D eigenvalue weighted by Gasteiger charge is 2.21. The number of benzene rings is 1. The molecule has 25 heavy (non-hydrogen) atoms. The molecule has 3 heterocycles. The van der Waals surface area contributed by atoms with Gasteiger partial charge < -0.3 is 10.3 Å². The lowest BCUT2D eigenvalue weighted by atomic mass is 10.1. The summed E-state index contributed by atoms with van der Waals surface area (Å²) < 4.78 is 40.5. The standard InChI is InChI=1S/C17H11F3N4O/c18-10-2-1-8(14(19)15(10)20)16-21-5-4-12(24-16)13-7-9-11(23-13)3-6-22-17(9)25/h1-2,4-5,7,23H,3,6H2,(H,22,25). The van der Waals surface area contributed by atoms with Crippen molar-refractivity contribution in [1.29, 1.82) is 0 Å². The van der Waals surface area contributed by atoms with Gasteiger partial charge in [-0.05, 0) is 24.3 Å². The van der Waals surface area contributed by atoms with E-state index < -0.39 is 17.5 Å². The van der Waals surface area contributed by atoms with Crippen molar-refractivity contribution in [2.45, 2.75) is 6.42 Å². The van der Waals surface area contributed by atoms with Crippen molar-refractivity contribution < 1.29 is 18.0 Å². The zero-order valence-corrected chi connectivity index (χ0v) is 12.7. The van der Waals surface area contributed by atoms with E-state index in [1.165, 1.54) is 6.20 Å². The van der Waals surface area contributed by atoms with E-state index in [4.69, 9.17) is 0 Å². The first-order valence-electron chi connectivity index (χ1n) is 7.52. The van der Waals surface area contributed by atoms with E-state index >= 15 is 0 Å². The first-order valence-corrected chi connectivity index (χ1v) is 7.52. The van der Waals surface area contributed by atoms with Crippen LogP contribution in [0.1, 0.15) is 16.1 Å². The molecule has 0 radical (unpaired) electrons. The van der Waals surface area contributed by atoms with Crippen molar-refractivity contribution >= 4 is 5.91 Å². The summed E-state index contributed by atoms with van der Waals surface area (Å²) in [4.78, 5) is 23.1. The van der Waals surface area contributed by atoms with Crippen LogP contribution in [0.15, 0.2) is 30.5 Å². The number of rotatable bonds is 2. The Labute approximate surface area is 139 Å². The molecular formula is C17H11F3N4O. The Morgan fingerprint density at radius 3 is 2.68 bits per heavy atom. The maximum Gasteiger partial charge on any atom is 0.253 e. The maximum absolute atomic E-state index is 14.0. The molecule has 126 valence electrons. The summed E-state index contributed by atoms with van der Waals surface area (Å²) in [5.74, 6) is -4.45. The molecule has 0 atom stereocenters. The second kappa shape index (κ2) is 5.73. The Balaban J connectivity index is 1.78. The van der Waals surface area contributed by atoms with Crippen LogP contribution in [-0.4, -0.2) is 27.4 Å². The van der Waals surface area contributed by atoms with Gasteiger partial charge in [0.15, 0.2) is 23.3 Å². The maximum atomic E-state index is 14.0. The van der Waals surface area contributed by atoms with Crippen LogP contribution in [-0.2, 0) is 6.42 Å². The number of carbonyl (C=O) groups is 1. The van der Waals surface area contributed by atoms with E-state index in [1.807, 2.05) is 0 Å². The monoisotopic (exact) mass is 344 g/mol. The summed E-state index contributed by atoms with van der Waals surface area (Å²) in [6, 6.07) is 5.13. The molecule has 1 amide bonds. The molecule has 1 aromatic carbocycles. The molecule has 3 aromatic rings. The number of halogens is 3. The molecule has 0 spiro atoms. The third-order valence-corrected chi connectivity index (χ3v) is 4.01. The molecule has 1 aliphatic heterocycles. The molecule has 1 aliphatic rings. The van der Waals surface area contributed by atoms with Crippen molar-refractivity contribution in [3.8, 4) is 22.8 Å². The molecule has 8 heteroatoms. The minimum atomic E-state index is -1.57. The topological polar surface area (TPSA) is 70.7 Å². The van der Waals surface area contributed by atoms with Crippen molar-refractivity contribution in [3.05, 3.63) is 59.2 Å². The van der Waals surface area contributed by atoms with Crippen LogP contribution in [0.2, 0.25) is 0 Å². The molecule has 5 nitrogen and oxygen atoms in total. The van der Waals surface area contributed by atoms with Crippen molar-refractivity contribution in [3.63, 3.8) is 0 Å². The predicted molar refractivity (Wildman–Crippen MR) is 83.2 cm³/mol. The van der Waals surface area contributed by atoms with Gasteiger partial charge in [-0.15, -0.1) is 0 Å². The molecule has 2 N–H and O–H groups in total. The smallest absolute Gasteiger partial charge is 0.253 e. The van der Waals surface area contributed by atoms with Gasteiger partial charge in [-0.3, -0.25) is 4.79 Å². The summed E-state index contributed by atoms with van der Waals surface area (Å²) in [6.45, 7) is 0.543. The van der Waals surface area contributed by atoms with E-state index in [2.05, 4.69) is 20.3 Å². The summed E-state index contributed by atoms with van der Waals surface area (Å²) in [7, 11) is 0. The number of nitrogens with one attached hydrogen (secondary N) is 2. The molecule has 4 rings (SSSR count). The van der Waals surface area contributed by atoms with Gasteiger partial charge in [-0.25, -0.2) is 23.1 Å². The minimum Gasteiger partial charge on any atom is -0.356 e.